The van der Waals surface area contributed by atoms with Gasteiger partial charge in [0.2, 0.25) is 0 Å². The lowest BCUT2D eigenvalue weighted by atomic mass is 10.1. The van der Waals surface area contributed by atoms with E-state index < -0.39 is 17.8 Å². The Morgan fingerprint density at radius 2 is 1.83 bits per heavy atom. The number of fused-ring (bicyclic) bond motifs is 1. The summed E-state index contributed by atoms with van der Waals surface area (Å²) in [5, 5.41) is 4.66. The fraction of sp³-hybridized carbons (Fsp3) is 0.105. The van der Waals surface area contributed by atoms with Crippen molar-refractivity contribution >= 4 is 38.3 Å². The number of amides is 1. The average Bonchev–Trinajstić information content (AvgIpc) is 2.57. The van der Waals surface area contributed by atoms with Crippen LogP contribution in [0.1, 0.15) is 6.92 Å². The summed E-state index contributed by atoms with van der Waals surface area (Å²) in [4.78, 5) is 12.2. The molecule has 3 rings (SSSR count). The Kier molecular flexibility index (Phi) is 4.81. The van der Waals surface area contributed by atoms with Gasteiger partial charge in [-0.05, 0) is 48.0 Å². The zero-order chi connectivity index (χ0) is 17.1. The van der Waals surface area contributed by atoms with E-state index in [0.29, 0.717) is 10.2 Å². The summed E-state index contributed by atoms with van der Waals surface area (Å²) >= 11 is 3.18. The molecule has 3 aromatic rings. The molecule has 5 heteroatoms. The number of halogens is 2. The van der Waals surface area contributed by atoms with Crippen molar-refractivity contribution in [1.82, 2.24) is 0 Å². The summed E-state index contributed by atoms with van der Waals surface area (Å²) < 4.78 is 20.1. The smallest absolute Gasteiger partial charge is 0.265 e. The van der Waals surface area contributed by atoms with Gasteiger partial charge in [0.15, 0.2) is 6.10 Å². The van der Waals surface area contributed by atoms with Crippen molar-refractivity contribution in [2.75, 3.05) is 5.32 Å². The zero-order valence-corrected chi connectivity index (χ0v) is 14.5. The third-order valence-corrected chi connectivity index (χ3v) is 4.09. The predicted molar refractivity (Wildman–Crippen MR) is 96.8 cm³/mol. The lowest BCUT2D eigenvalue weighted by Crippen LogP contribution is -2.30. The average molecular weight is 388 g/mol. The minimum atomic E-state index is -0.755. The normalized spacial score (nSPS) is 12.0. The van der Waals surface area contributed by atoms with E-state index in [9.17, 15) is 9.18 Å². The molecule has 1 atom stereocenters. The molecule has 0 radical (unpaired) electrons. The highest BCUT2D eigenvalue weighted by molar-refractivity contribution is 9.10. The van der Waals surface area contributed by atoms with E-state index in [1.54, 1.807) is 13.0 Å². The molecule has 1 amide bonds. The molecule has 0 aliphatic rings. The number of carbonyl (C=O) groups is 1. The molecule has 0 fully saturated rings. The number of anilines is 1. The maximum absolute atomic E-state index is 13.8. The molecule has 122 valence electrons. The highest BCUT2D eigenvalue weighted by atomic mass is 79.9. The van der Waals surface area contributed by atoms with Crippen molar-refractivity contribution < 1.29 is 13.9 Å². The van der Waals surface area contributed by atoms with Crippen molar-refractivity contribution in [3.05, 3.63) is 71.0 Å². The van der Waals surface area contributed by atoms with Crippen LogP contribution < -0.4 is 10.1 Å². The fourth-order valence-electron chi connectivity index (χ4n) is 2.32. The molecule has 0 unspecified atom stereocenters. The number of rotatable bonds is 4. The van der Waals surface area contributed by atoms with E-state index >= 15 is 0 Å². The molecule has 0 spiro atoms. The Hall–Kier alpha value is -2.40. The van der Waals surface area contributed by atoms with Crippen molar-refractivity contribution in [1.29, 1.82) is 0 Å². The number of nitrogens with one attached hydrogen (secondary N) is 1. The summed E-state index contributed by atoms with van der Waals surface area (Å²) in [6.07, 6.45) is -0.755. The monoisotopic (exact) mass is 387 g/mol. The third kappa shape index (κ3) is 3.74. The van der Waals surface area contributed by atoms with Gasteiger partial charge in [-0.3, -0.25) is 4.79 Å². The molecule has 0 heterocycles. The fourth-order valence-corrected chi connectivity index (χ4v) is 2.66. The number of hydrogen-bond donors (Lipinski definition) is 1. The van der Waals surface area contributed by atoms with Crippen molar-refractivity contribution in [3.63, 3.8) is 0 Å². The van der Waals surface area contributed by atoms with Gasteiger partial charge in [0.05, 0.1) is 5.69 Å². The number of carbonyl (C=O) groups excluding carboxylic acids is 1. The van der Waals surface area contributed by atoms with E-state index in [-0.39, 0.29) is 5.69 Å². The van der Waals surface area contributed by atoms with Gasteiger partial charge in [-0.2, -0.15) is 0 Å². The second-order valence-electron chi connectivity index (χ2n) is 5.38. The maximum atomic E-state index is 13.8. The Morgan fingerprint density at radius 1 is 1.08 bits per heavy atom. The summed E-state index contributed by atoms with van der Waals surface area (Å²) in [5.41, 5.74) is 0.122. The van der Waals surface area contributed by atoms with Gasteiger partial charge in [0.1, 0.15) is 11.6 Å². The highest BCUT2D eigenvalue weighted by Crippen LogP contribution is 2.23. The van der Waals surface area contributed by atoms with Crippen molar-refractivity contribution in [2.45, 2.75) is 13.0 Å². The SMILES string of the molecule is C[C@H](Oc1ccc2ccccc2c1)C(=O)Nc1ccc(Br)cc1F. The van der Waals surface area contributed by atoms with Crippen LogP contribution in [0.4, 0.5) is 10.1 Å². The van der Waals surface area contributed by atoms with Crippen LogP contribution in [0.2, 0.25) is 0 Å². The lowest BCUT2D eigenvalue weighted by Gasteiger charge is -2.15. The summed E-state index contributed by atoms with van der Waals surface area (Å²) in [6, 6.07) is 18.0. The lowest BCUT2D eigenvalue weighted by molar-refractivity contribution is -0.122. The first kappa shape index (κ1) is 16.5. The molecular formula is C19H15BrFNO2. The number of benzene rings is 3. The van der Waals surface area contributed by atoms with Crippen LogP contribution in [-0.2, 0) is 4.79 Å². The Balaban J connectivity index is 1.70. The van der Waals surface area contributed by atoms with Crippen molar-refractivity contribution in [3.8, 4) is 5.75 Å². The molecular weight excluding hydrogens is 373 g/mol. The van der Waals surface area contributed by atoms with Crippen LogP contribution in [0.15, 0.2) is 65.1 Å². The summed E-state index contributed by atoms with van der Waals surface area (Å²) in [7, 11) is 0. The van der Waals surface area contributed by atoms with Gasteiger partial charge < -0.3 is 10.1 Å². The van der Waals surface area contributed by atoms with Gasteiger partial charge >= 0.3 is 0 Å². The first-order chi connectivity index (χ1) is 11.5. The van der Waals surface area contributed by atoms with Gasteiger partial charge in [-0.15, -0.1) is 0 Å². The van der Waals surface area contributed by atoms with Crippen LogP contribution >= 0.6 is 15.9 Å². The Morgan fingerprint density at radius 3 is 2.58 bits per heavy atom. The van der Waals surface area contributed by atoms with Crippen LogP contribution in [0.3, 0.4) is 0 Å². The molecule has 0 aliphatic carbocycles. The van der Waals surface area contributed by atoms with Crippen LogP contribution in [0.5, 0.6) is 5.75 Å². The molecule has 24 heavy (non-hydrogen) atoms. The van der Waals surface area contributed by atoms with Crippen LogP contribution in [0, 0.1) is 5.82 Å². The molecule has 0 bridgehead atoms. The summed E-state index contributed by atoms with van der Waals surface area (Å²) in [5.74, 6) is -0.326. The second kappa shape index (κ2) is 7.01. The third-order valence-electron chi connectivity index (χ3n) is 3.59. The van der Waals surface area contributed by atoms with Gasteiger partial charge in [0.25, 0.3) is 5.91 Å². The number of ether oxygens (including phenoxy) is 1. The molecule has 0 saturated heterocycles. The minimum absolute atomic E-state index is 0.122. The molecule has 0 aliphatic heterocycles. The molecule has 3 nitrogen and oxygen atoms in total. The van der Waals surface area contributed by atoms with Gasteiger partial charge in [0, 0.05) is 4.47 Å². The standard InChI is InChI=1S/C19H15BrFNO2/c1-12(19(23)22-18-9-7-15(20)11-17(18)21)24-16-8-6-13-4-2-3-5-14(13)10-16/h2-12H,1H3,(H,22,23)/t12-/m0/s1. The zero-order valence-electron chi connectivity index (χ0n) is 12.9. The van der Waals surface area contributed by atoms with Crippen molar-refractivity contribution in [2.24, 2.45) is 0 Å². The highest BCUT2D eigenvalue weighted by Gasteiger charge is 2.16. The molecule has 0 saturated carbocycles. The first-order valence-electron chi connectivity index (χ1n) is 7.44. The van der Waals surface area contributed by atoms with E-state index in [2.05, 4.69) is 21.2 Å². The van der Waals surface area contributed by atoms with E-state index in [1.165, 1.54) is 12.1 Å². The molecule has 3 aromatic carbocycles. The quantitative estimate of drug-likeness (QED) is 0.672. The number of hydrogen-bond acceptors (Lipinski definition) is 2. The van der Waals surface area contributed by atoms with Crippen LogP contribution in [-0.4, -0.2) is 12.0 Å². The Labute approximate surface area is 147 Å². The Bertz CT molecular complexity index is 897. The van der Waals surface area contributed by atoms with Gasteiger partial charge in [-0.25, -0.2) is 4.39 Å². The van der Waals surface area contributed by atoms with E-state index in [1.807, 2.05) is 42.5 Å². The second-order valence-corrected chi connectivity index (χ2v) is 6.30. The minimum Gasteiger partial charge on any atom is -0.481 e. The van der Waals surface area contributed by atoms with E-state index in [4.69, 9.17) is 4.74 Å². The topological polar surface area (TPSA) is 38.3 Å². The van der Waals surface area contributed by atoms with Gasteiger partial charge in [-0.1, -0.05) is 46.3 Å². The van der Waals surface area contributed by atoms with E-state index in [0.717, 1.165) is 10.8 Å². The molecule has 0 aromatic heterocycles. The van der Waals surface area contributed by atoms with Crippen LogP contribution in [0.25, 0.3) is 10.8 Å². The first-order valence-corrected chi connectivity index (χ1v) is 8.23. The molecule has 1 N–H and O–H groups in total. The summed E-state index contributed by atoms with van der Waals surface area (Å²) in [6.45, 7) is 1.63. The maximum Gasteiger partial charge on any atom is 0.265 e. The predicted octanol–water partition coefficient (Wildman–Crippen LogP) is 5.15. The largest absolute Gasteiger partial charge is 0.481 e.